The lowest BCUT2D eigenvalue weighted by molar-refractivity contribution is 0.0515. The smallest absolute Gasteiger partial charge is 0.407 e. The van der Waals surface area contributed by atoms with Crippen LogP contribution in [0.3, 0.4) is 0 Å². The van der Waals surface area contributed by atoms with E-state index >= 15 is 0 Å². The van der Waals surface area contributed by atoms with Gasteiger partial charge < -0.3 is 15.4 Å². The highest BCUT2D eigenvalue weighted by molar-refractivity contribution is 5.67. The summed E-state index contributed by atoms with van der Waals surface area (Å²) in [6.07, 6.45) is 6.18. The monoisotopic (exact) mass is 312 g/mol. The average Bonchev–Trinajstić information content (AvgIpc) is 2.36. The van der Waals surface area contributed by atoms with Crippen molar-refractivity contribution in [1.29, 1.82) is 0 Å². The Labute approximate surface area is 136 Å². The summed E-state index contributed by atoms with van der Waals surface area (Å²) in [6, 6.07) is 0.340. The third-order valence-corrected chi connectivity index (χ3v) is 3.98. The molecule has 0 aromatic rings. The molecule has 4 nitrogen and oxygen atoms in total. The molecule has 22 heavy (non-hydrogen) atoms. The van der Waals surface area contributed by atoms with Gasteiger partial charge in [0.2, 0.25) is 0 Å². The van der Waals surface area contributed by atoms with E-state index in [1.807, 2.05) is 20.8 Å². The fourth-order valence-electron chi connectivity index (χ4n) is 2.89. The molecule has 0 bridgehead atoms. The first-order chi connectivity index (χ1) is 10.1. The van der Waals surface area contributed by atoms with Crippen molar-refractivity contribution < 1.29 is 9.53 Å². The van der Waals surface area contributed by atoms with E-state index in [0.29, 0.717) is 18.5 Å². The van der Waals surface area contributed by atoms with Crippen molar-refractivity contribution in [3.8, 4) is 0 Å². The Hall–Kier alpha value is -0.770. The SMILES string of the molecule is CC(C)(C)CNC(CNC(=O)OC(C)(C)C)C1CCCCC1. The van der Waals surface area contributed by atoms with Gasteiger partial charge in [0.15, 0.2) is 0 Å². The standard InChI is InChI=1S/C18H36N2O2/c1-17(2,3)13-20-15(14-10-8-7-9-11-14)12-19-16(21)22-18(4,5)6/h14-15,20H,7-13H2,1-6H3,(H,19,21). The molecule has 2 N–H and O–H groups in total. The lowest BCUT2D eigenvalue weighted by Gasteiger charge is -2.33. The van der Waals surface area contributed by atoms with Gasteiger partial charge in [-0.2, -0.15) is 0 Å². The number of rotatable bonds is 5. The van der Waals surface area contributed by atoms with Crippen LogP contribution in [0.2, 0.25) is 0 Å². The van der Waals surface area contributed by atoms with E-state index in [0.717, 1.165) is 6.54 Å². The first-order valence-electron chi connectivity index (χ1n) is 8.77. The van der Waals surface area contributed by atoms with Crippen LogP contribution >= 0.6 is 0 Å². The van der Waals surface area contributed by atoms with Gasteiger partial charge >= 0.3 is 6.09 Å². The molecule has 1 amide bonds. The molecule has 1 unspecified atom stereocenters. The fraction of sp³-hybridized carbons (Fsp3) is 0.944. The molecule has 1 aliphatic rings. The number of nitrogens with one attached hydrogen (secondary N) is 2. The van der Waals surface area contributed by atoms with Crippen molar-refractivity contribution in [1.82, 2.24) is 10.6 Å². The van der Waals surface area contributed by atoms with Gasteiger partial charge in [-0.15, -0.1) is 0 Å². The Morgan fingerprint density at radius 2 is 1.68 bits per heavy atom. The molecule has 0 aromatic heterocycles. The maximum Gasteiger partial charge on any atom is 0.407 e. The second kappa shape index (κ2) is 8.19. The zero-order chi connectivity index (χ0) is 16.8. The molecule has 0 heterocycles. The summed E-state index contributed by atoms with van der Waals surface area (Å²) in [5, 5.41) is 6.63. The van der Waals surface area contributed by atoms with E-state index in [9.17, 15) is 4.79 Å². The molecule has 0 aliphatic heterocycles. The number of ether oxygens (including phenoxy) is 1. The van der Waals surface area contributed by atoms with Crippen molar-refractivity contribution in [2.45, 2.75) is 85.3 Å². The summed E-state index contributed by atoms with van der Waals surface area (Å²) in [7, 11) is 0. The molecule has 1 atom stereocenters. The minimum atomic E-state index is -0.441. The molecular weight excluding hydrogens is 276 g/mol. The number of alkyl carbamates (subject to hydrolysis) is 1. The summed E-state index contributed by atoms with van der Waals surface area (Å²) in [6.45, 7) is 14.0. The van der Waals surface area contributed by atoms with Crippen molar-refractivity contribution >= 4 is 6.09 Å². The Morgan fingerprint density at radius 1 is 1.09 bits per heavy atom. The van der Waals surface area contributed by atoms with Crippen LogP contribution in [-0.4, -0.2) is 30.8 Å². The summed E-state index contributed by atoms with van der Waals surface area (Å²) in [5.41, 5.74) is -0.192. The molecule has 1 aliphatic carbocycles. The second-order valence-corrected chi connectivity index (χ2v) is 8.83. The van der Waals surface area contributed by atoms with Crippen molar-refractivity contribution in [2.75, 3.05) is 13.1 Å². The number of carbonyl (C=O) groups is 1. The molecule has 1 saturated carbocycles. The van der Waals surface area contributed by atoms with Gasteiger partial charge in [0, 0.05) is 19.1 Å². The second-order valence-electron chi connectivity index (χ2n) is 8.83. The van der Waals surface area contributed by atoms with Crippen LogP contribution in [0.5, 0.6) is 0 Å². The third-order valence-electron chi connectivity index (χ3n) is 3.98. The first-order valence-corrected chi connectivity index (χ1v) is 8.77. The summed E-state index contributed by atoms with van der Waals surface area (Å²) >= 11 is 0. The van der Waals surface area contributed by atoms with Gasteiger partial charge in [-0.25, -0.2) is 4.79 Å². The molecule has 0 aromatic carbocycles. The minimum Gasteiger partial charge on any atom is -0.444 e. The molecular formula is C18H36N2O2. The predicted molar refractivity (Wildman–Crippen MR) is 92.1 cm³/mol. The Kier molecular flexibility index (Phi) is 7.17. The predicted octanol–water partition coefficient (Wildman–Crippen LogP) is 4.10. The zero-order valence-corrected chi connectivity index (χ0v) is 15.4. The molecule has 4 heteroatoms. The lowest BCUT2D eigenvalue weighted by atomic mass is 9.83. The molecule has 1 rings (SSSR count). The maximum absolute atomic E-state index is 11.9. The topological polar surface area (TPSA) is 50.4 Å². The van der Waals surface area contributed by atoms with E-state index in [1.54, 1.807) is 0 Å². The Morgan fingerprint density at radius 3 is 2.18 bits per heavy atom. The van der Waals surface area contributed by atoms with Crippen LogP contribution in [0, 0.1) is 11.3 Å². The first kappa shape index (κ1) is 19.3. The van der Waals surface area contributed by atoms with E-state index in [2.05, 4.69) is 31.4 Å². The van der Waals surface area contributed by atoms with Gasteiger partial charge in [-0.1, -0.05) is 40.0 Å². The van der Waals surface area contributed by atoms with Crippen LogP contribution < -0.4 is 10.6 Å². The van der Waals surface area contributed by atoms with Crippen LogP contribution in [0.4, 0.5) is 4.79 Å². The number of hydrogen-bond acceptors (Lipinski definition) is 3. The zero-order valence-electron chi connectivity index (χ0n) is 15.4. The highest BCUT2D eigenvalue weighted by Crippen LogP contribution is 2.27. The third kappa shape index (κ3) is 8.62. The van der Waals surface area contributed by atoms with Gasteiger partial charge in [0.25, 0.3) is 0 Å². The molecule has 0 radical (unpaired) electrons. The quantitative estimate of drug-likeness (QED) is 0.803. The fourth-order valence-corrected chi connectivity index (χ4v) is 2.89. The highest BCUT2D eigenvalue weighted by Gasteiger charge is 2.26. The normalized spacial score (nSPS) is 18.8. The van der Waals surface area contributed by atoms with Gasteiger partial charge in [-0.3, -0.25) is 0 Å². The Bertz CT molecular complexity index is 336. The number of amides is 1. The summed E-state index contributed by atoms with van der Waals surface area (Å²) in [4.78, 5) is 11.9. The molecule has 1 fully saturated rings. The van der Waals surface area contributed by atoms with Gasteiger partial charge in [0.05, 0.1) is 0 Å². The number of hydrogen-bond donors (Lipinski definition) is 2. The minimum absolute atomic E-state index is 0.249. The van der Waals surface area contributed by atoms with Crippen LogP contribution in [0.15, 0.2) is 0 Å². The van der Waals surface area contributed by atoms with Gasteiger partial charge in [0.1, 0.15) is 5.60 Å². The number of carbonyl (C=O) groups excluding carboxylic acids is 1. The summed E-state index contributed by atoms with van der Waals surface area (Å²) in [5.74, 6) is 0.658. The van der Waals surface area contributed by atoms with E-state index in [-0.39, 0.29) is 11.5 Å². The molecule has 130 valence electrons. The van der Waals surface area contributed by atoms with Crippen molar-refractivity contribution in [3.05, 3.63) is 0 Å². The largest absolute Gasteiger partial charge is 0.444 e. The van der Waals surface area contributed by atoms with Crippen LogP contribution in [-0.2, 0) is 4.74 Å². The summed E-state index contributed by atoms with van der Waals surface area (Å²) < 4.78 is 5.34. The van der Waals surface area contributed by atoms with Crippen LogP contribution in [0.25, 0.3) is 0 Å². The van der Waals surface area contributed by atoms with Crippen molar-refractivity contribution in [2.24, 2.45) is 11.3 Å². The Balaban J connectivity index is 2.51. The van der Waals surface area contributed by atoms with E-state index < -0.39 is 5.60 Å². The van der Waals surface area contributed by atoms with Crippen LogP contribution in [0.1, 0.15) is 73.6 Å². The molecule has 0 spiro atoms. The van der Waals surface area contributed by atoms with E-state index in [4.69, 9.17) is 4.74 Å². The van der Waals surface area contributed by atoms with Crippen molar-refractivity contribution in [3.63, 3.8) is 0 Å². The average molecular weight is 312 g/mol. The van der Waals surface area contributed by atoms with Gasteiger partial charge in [-0.05, 0) is 44.9 Å². The highest BCUT2D eigenvalue weighted by atomic mass is 16.6. The lowest BCUT2D eigenvalue weighted by Crippen LogP contribution is -2.49. The molecule has 0 saturated heterocycles. The van der Waals surface area contributed by atoms with E-state index in [1.165, 1.54) is 32.1 Å². The maximum atomic E-state index is 11.9.